The Morgan fingerprint density at radius 1 is 1.16 bits per heavy atom. The lowest BCUT2D eigenvalue weighted by Crippen LogP contribution is -2.31. The van der Waals surface area contributed by atoms with E-state index in [2.05, 4.69) is 20.2 Å². The molecule has 8 nitrogen and oxygen atoms in total. The molecule has 1 amide bonds. The number of aromatic nitrogens is 5. The highest BCUT2D eigenvalue weighted by Gasteiger charge is 2.35. The molecule has 1 aliphatic heterocycles. The van der Waals surface area contributed by atoms with Crippen LogP contribution in [0.1, 0.15) is 40.8 Å². The van der Waals surface area contributed by atoms with Crippen molar-refractivity contribution in [1.29, 1.82) is 0 Å². The zero-order valence-corrected chi connectivity index (χ0v) is 17.5. The van der Waals surface area contributed by atoms with Gasteiger partial charge in [-0.3, -0.25) is 9.78 Å². The van der Waals surface area contributed by atoms with Gasteiger partial charge in [-0.2, -0.15) is 0 Å². The van der Waals surface area contributed by atoms with Crippen LogP contribution >= 0.6 is 0 Å². The van der Waals surface area contributed by atoms with E-state index in [0.717, 1.165) is 34.8 Å². The van der Waals surface area contributed by atoms with Gasteiger partial charge < -0.3 is 13.7 Å². The monoisotopic (exact) mass is 424 g/mol. The van der Waals surface area contributed by atoms with E-state index >= 15 is 0 Å². The molecule has 5 heterocycles. The van der Waals surface area contributed by atoms with Crippen molar-refractivity contribution in [2.45, 2.75) is 25.8 Å². The molecule has 1 unspecified atom stereocenters. The topological polar surface area (TPSA) is 89.4 Å². The maximum Gasteiger partial charge on any atom is 0.274 e. The van der Waals surface area contributed by atoms with Crippen molar-refractivity contribution in [3.8, 4) is 11.6 Å². The van der Waals surface area contributed by atoms with E-state index < -0.39 is 0 Å². The van der Waals surface area contributed by atoms with Crippen LogP contribution in [0.3, 0.4) is 0 Å². The Labute approximate surface area is 183 Å². The summed E-state index contributed by atoms with van der Waals surface area (Å²) in [5.74, 6) is 0.663. The minimum atomic E-state index is -0.273. The summed E-state index contributed by atoms with van der Waals surface area (Å²) < 4.78 is 7.91. The molecule has 1 saturated heterocycles. The van der Waals surface area contributed by atoms with Crippen molar-refractivity contribution in [2.75, 3.05) is 6.54 Å². The lowest BCUT2D eigenvalue weighted by molar-refractivity contribution is 0.0710. The number of carbonyl (C=O) groups excluding carboxylic acids is 1. The maximum absolute atomic E-state index is 13.3. The third-order valence-electron chi connectivity index (χ3n) is 5.95. The second-order valence-electron chi connectivity index (χ2n) is 8.08. The number of hydrogen-bond donors (Lipinski definition) is 0. The van der Waals surface area contributed by atoms with Gasteiger partial charge in [0.15, 0.2) is 0 Å². The zero-order valence-electron chi connectivity index (χ0n) is 17.5. The van der Waals surface area contributed by atoms with Crippen molar-refractivity contribution < 1.29 is 9.21 Å². The summed E-state index contributed by atoms with van der Waals surface area (Å²) in [6, 6.07) is 13.6. The molecule has 1 aliphatic rings. The fourth-order valence-corrected chi connectivity index (χ4v) is 4.36. The van der Waals surface area contributed by atoms with Gasteiger partial charge in [0, 0.05) is 30.5 Å². The number of benzene rings is 1. The number of likely N-dealkylation sites (tertiary alicyclic amines) is 1. The molecule has 1 fully saturated rings. The first kappa shape index (κ1) is 18.7. The van der Waals surface area contributed by atoms with Crippen LogP contribution < -0.4 is 0 Å². The van der Waals surface area contributed by atoms with Gasteiger partial charge >= 0.3 is 0 Å². The summed E-state index contributed by atoms with van der Waals surface area (Å²) in [5.41, 5.74) is 2.92. The van der Waals surface area contributed by atoms with Gasteiger partial charge in [0.1, 0.15) is 23.1 Å². The molecule has 1 atom stereocenters. The van der Waals surface area contributed by atoms with Crippen molar-refractivity contribution in [1.82, 2.24) is 29.5 Å². The van der Waals surface area contributed by atoms with Gasteiger partial charge in [0.25, 0.3) is 11.8 Å². The third-order valence-corrected chi connectivity index (χ3v) is 5.95. The SMILES string of the molecule is Cc1ccn2cc(C(=O)N3CCCC3c3nnc(-c4nccc5ccccc45)o3)nc2c1. The molecule has 5 aromatic rings. The molecule has 0 aliphatic carbocycles. The number of fused-ring (bicyclic) bond motifs is 2. The van der Waals surface area contributed by atoms with Crippen molar-refractivity contribution >= 4 is 22.3 Å². The van der Waals surface area contributed by atoms with Crippen LogP contribution in [0.2, 0.25) is 0 Å². The molecule has 4 aromatic heterocycles. The lowest BCUT2D eigenvalue weighted by Gasteiger charge is -2.20. The van der Waals surface area contributed by atoms with Crippen LogP contribution in [0.5, 0.6) is 0 Å². The lowest BCUT2D eigenvalue weighted by atomic mass is 10.1. The van der Waals surface area contributed by atoms with Gasteiger partial charge in [0.05, 0.1) is 0 Å². The molecular weight excluding hydrogens is 404 g/mol. The molecule has 0 spiro atoms. The number of imidazole rings is 1. The van der Waals surface area contributed by atoms with E-state index in [1.54, 1.807) is 17.3 Å². The quantitative estimate of drug-likeness (QED) is 0.431. The Morgan fingerprint density at radius 2 is 2.06 bits per heavy atom. The fraction of sp³-hybridized carbons (Fsp3) is 0.208. The Kier molecular flexibility index (Phi) is 4.24. The summed E-state index contributed by atoms with van der Waals surface area (Å²) in [6.45, 7) is 2.63. The highest BCUT2D eigenvalue weighted by Crippen LogP contribution is 2.34. The predicted octanol–water partition coefficient (Wildman–Crippen LogP) is 4.22. The van der Waals surface area contributed by atoms with Crippen LogP contribution in [0.4, 0.5) is 0 Å². The Balaban J connectivity index is 1.32. The number of carbonyl (C=O) groups is 1. The fourth-order valence-electron chi connectivity index (χ4n) is 4.36. The van der Waals surface area contributed by atoms with Gasteiger partial charge in [-0.15, -0.1) is 10.2 Å². The van der Waals surface area contributed by atoms with E-state index in [9.17, 15) is 4.79 Å². The maximum atomic E-state index is 13.3. The standard InChI is InChI=1S/C24H20N6O2/c1-15-9-12-29-14-18(26-20(29)13-15)24(31)30-11-4-7-19(30)22-27-28-23(32-22)21-17-6-3-2-5-16(17)8-10-25-21/h2-3,5-6,8-10,12-14,19H,4,7,11H2,1H3. The second-order valence-corrected chi connectivity index (χ2v) is 8.08. The van der Waals surface area contributed by atoms with Crippen molar-refractivity contribution in [3.05, 3.63) is 78.2 Å². The van der Waals surface area contributed by atoms with E-state index in [0.29, 0.717) is 29.7 Å². The molecule has 6 rings (SSSR count). The third kappa shape index (κ3) is 3.03. The van der Waals surface area contributed by atoms with Gasteiger partial charge in [-0.1, -0.05) is 24.3 Å². The first-order chi connectivity index (χ1) is 15.7. The first-order valence-electron chi connectivity index (χ1n) is 10.6. The Hall–Kier alpha value is -4.07. The highest BCUT2D eigenvalue weighted by atomic mass is 16.4. The molecule has 0 bridgehead atoms. The summed E-state index contributed by atoms with van der Waals surface area (Å²) in [6.07, 6.45) is 7.05. The molecule has 0 saturated carbocycles. The van der Waals surface area contributed by atoms with Gasteiger partial charge in [-0.05, 0) is 48.9 Å². The van der Waals surface area contributed by atoms with Crippen LogP contribution in [0.15, 0.2) is 65.5 Å². The number of amides is 1. The average Bonchev–Trinajstić information content (AvgIpc) is 3.56. The first-order valence-corrected chi connectivity index (χ1v) is 10.6. The second kappa shape index (κ2) is 7.26. The smallest absolute Gasteiger partial charge is 0.274 e. The number of aryl methyl sites for hydroxylation is 1. The minimum absolute atomic E-state index is 0.128. The summed E-state index contributed by atoms with van der Waals surface area (Å²) in [5, 5.41) is 10.5. The molecule has 32 heavy (non-hydrogen) atoms. The molecule has 0 radical (unpaired) electrons. The molecule has 0 N–H and O–H groups in total. The van der Waals surface area contributed by atoms with Crippen LogP contribution in [-0.2, 0) is 0 Å². The Morgan fingerprint density at radius 3 is 3.00 bits per heavy atom. The molecule has 158 valence electrons. The van der Waals surface area contributed by atoms with E-state index in [-0.39, 0.29) is 11.9 Å². The van der Waals surface area contributed by atoms with Crippen LogP contribution in [0, 0.1) is 6.92 Å². The highest BCUT2D eigenvalue weighted by molar-refractivity contribution is 5.93. The average molecular weight is 424 g/mol. The molecular formula is C24H20N6O2. The van der Waals surface area contributed by atoms with Crippen LogP contribution in [0.25, 0.3) is 28.0 Å². The van der Waals surface area contributed by atoms with E-state index in [1.807, 2.05) is 60.0 Å². The van der Waals surface area contributed by atoms with Crippen molar-refractivity contribution in [2.24, 2.45) is 0 Å². The Bertz CT molecular complexity index is 1460. The largest absolute Gasteiger partial charge is 0.417 e. The number of rotatable bonds is 3. The normalized spacial score (nSPS) is 16.3. The van der Waals surface area contributed by atoms with Gasteiger partial charge in [-0.25, -0.2) is 4.98 Å². The van der Waals surface area contributed by atoms with Crippen LogP contribution in [-0.4, -0.2) is 41.9 Å². The summed E-state index contributed by atoms with van der Waals surface area (Å²) in [4.78, 5) is 24.1. The summed E-state index contributed by atoms with van der Waals surface area (Å²) >= 11 is 0. The zero-order chi connectivity index (χ0) is 21.7. The van der Waals surface area contributed by atoms with Gasteiger partial charge in [0.2, 0.25) is 5.89 Å². The minimum Gasteiger partial charge on any atom is -0.417 e. The summed E-state index contributed by atoms with van der Waals surface area (Å²) in [7, 11) is 0. The predicted molar refractivity (Wildman–Crippen MR) is 118 cm³/mol. The number of hydrogen-bond acceptors (Lipinski definition) is 6. The van der Waals surface area contributed by atoms with E-state index in [4.69, 9.17) is 4.42 Å². The number of pyridine rings is 2. The van der Waals surface area contributed by atoms with Crippen molar-refractivity contribution in [3.63, 3.8) is 0 Å². The molecule has 8 heteroatoms. The molecule has 1 aromatic carbocycles. The van der Waals surface area contributed by atoms with E-state index in [1.165, 1.54) is 0 Å². The number of nitrogens with zero attached hydrogens (tertiary/aromatic N) is 6.